The lowest BCUT2D eigenvalue weighted by atomic mass is 10.1. The minimum absolute atomic E-state index is 0. The predicted octanol–water partition coefficient (Wildman–Crippen LogP) is 3.22. The van der Waals surface area contributed by atoms with Gasteiger partial charge in [-0.05, 0) is 31.2 Å². The molecule has 2 aromatic rings. The molecule has 1 saturated heterocycles. The first-order valence-corrected chi connectivity index (χ1v) is 7.71. The van der Waals surface area contributed by atoms with Gasteiger partial charge in [-0.3, -0.25) is 4.79 Å². The molecule has 1 amide bonds. The summed E-state index contributed by atoms with van der Waals surface area (Å²) in [5.41, 5.74) is 0.697. The van der Waals surface area contributed by atoms with Crippen LogP contribution in [0.15, 0.2) is 54.6 Å². The number of carbonyl (C=O) groups excluding carboxylic acids is 1. The van der Waals surface area contributed by atoms with Crippen molar-refractivity contribution in [1.82, 2.24) is 5.32 Å². The second-order valence-electron chi connectivity index (χ2n) is 5.44. The number of morpholine rings is 1. The highest BCUT2D eigenvalue weighted by Crippen LogP contribution is 2.24. The third kappa shape index (κ3) is 4.71. The van der Waals surface area contributed by atoms with Crippen LogP contribution in [0.25, 0.3) is 0 Å². The fourth-order valence-electron chi connectivity index (χ4n) is 2.51. The van der Waals surface area contributed by atoms with Crippen LogP contribution in [-0.2, 0) is 9.53 Å². The van der Waals surface area contributed by atoms with Crippen LogP contribution in [0.5, 0.6) is 11.5 Å². The highest BCUT2D eigenvalue weighted by Gasteiger charge is 2.28. The van der Waals surface area contributed by atoms with Gasteiger partial charge in [0, 0.05) is 18.3 Å². The van der Waals surface area contributed by atoms with Crippen LogP contribution < -0.4 is 15.4 Å². The Labute approximate surface area is 147 Å². The number of rotatable bonds is 4. The molecule has 0 saturated carbocycles. The average molecular weight is 349 g/mol. The van der Waals surface area contributed by atoms with Gasteiger partial charge in [0.2, 0.25) is 5.91 Å². The third-order valence-corrected chi connectivity index (χ3v) is 3.68. The Bertz CT molecular complexity index is 666. The zero-order chi connectivity index (χ0) is 16.1. The predicted molar refractivity (Wildman–Crippen MR) is 96.0 cm³/mol. The van der Waals surface area contributed by atoms with E-state index in [0.29, 0.717) is 24.6 Å². The molecule has 0 radical (unpaired) electrons. The lowest BCUT2D eigenvalue weighted by molar-refractivity contribution is -0.123. The van der Waals surface area contributed by atoms with E-state index in [-0.39, 0.29) is 30.5 Å². The van der Waals surface area contributed by atoms with E-state index in [0.717, 1.165) is 5.75 Å². The van der Waals surface area contributed by atoms with Crippen molar-refractivity contribution in [2.24, 2.45) is 0 Å². The minimum atomic E-state index is -0.345. The van der Waals surface area contributed by atoms with Gasteiger partial charge in [-0.15, -0.1) is 12.4 Å². The Morgan fingerprint density at radius 1 is 1.17 bits per heavy atom. The van der Waals surface area contributed by atoms with Crippen LogP contribution in [0.2, 0.25) is 0 Å². The maximum Gasteiger partial charge on any atom is 0.244 e. The second kappa shape index (κ2) is 8.68. The first-order valence-electron chi connectivity index (χ1n) is 7.71. The molecule has 5 nitrogen and oxygen atoms in total. The molecule has 0 unspecified atom stereocenters. The maximum absolute atomic E-state index is 12.4. The molecule has 128 valence electrons. The minimum Gasteiger partial charge on any atom is -0.457 e. The molecule has 3 rings (SSSR count). The van der Waals surface area contributed by atoms with Gasteiger partial charge in [-0.25, -0.2) is 0 Å². The molecule has 2 aromatic carbocycles. The van der Waals surface area contributed by atoms with Crippen molar-refractivity contribution < 1.29 is 14.3 Å². The number of hydrogen-bond acceptors (Lipinski definition) is 4. The zero-order valence-corrected chi connectivity index (χ0v) is 14.2. The van der Waals surface area contributed by atoms with Gasteiger partial charge < -0.3 is 20.1 Å². The Morgan fingerprint density at radius 2 is 1.92 bits per heavy atom. The summed E-state index contributed by atoms with van der Waals surface area (Å²) in [6.07, 6.45) is -0.146. The summed E-state index contributed by atoms with van der Waals surface area (Å²) in [7, 11) is 0. The van der Waals surface area contributed by atoms with Gasteiger partial charge in [0.25, 0.3) is 0 Å². The fraction of sp³-hybridized carbons (Fsp3) is 0.278. The van der Waals surface area contributed by atoms with E-state index in [9.17, 15) is 4.79 Å². The van der Waals surface area contributed by atoms with Crippen molar-refractivity contribution in [3.05, 3.63) is 54.6 Å². The van der Waals surface area contributed by atoms with Gasteiger partial charge >= 0.3 is 0 Å². The van der Waals surface area contributed by atoms with Gasteiger partial charge in [-0.2, -0.15) is 0 Å². The summed E-state index contributed by atoms with van der Waals surface area (Å²) < 4.78 is 11.3. The van der Waals surface area contributed by atoms with E-state index in [4.69, 9.17) is 9.47 Å². The molecular weight excluding hydrogens is 328 g/mol. The van der Waals surface area contributed by atoms with Crippen molar-refractivity contribution >= 4 is 24.0 Å². The molecule has 2 N–H and O–H groups in total. The van der Waals surface area contributed by atoms with Gasteiger partial charge in [0.1, 0.15) is 17.5 Å². The summed E-state index contributed by atoms with van der Waals surface area (Å²) in [6.45, 7) is 3.20. The lowest BCUT2D eigenvalue weighted by Crippen LogP contribution is -2.53. The highest BCUT2D eigenvalue weighted by atomic mass is 35.5. The molecule has 0 bridgehead atoms. The summed E-state index contributed by atoms with van der Waals surface area (Å²) in [5, 5.41) is 6.08. The number of benzene rings is 2. The van der Waals surface area contributed by atoms with Crippen molar-refractivity contribution in [1.29, 1.82) is 0 Å². The van der Waals surface area contributed by atoms with E-state index in [1.807, 2.05) is 55.5 Å². The van der Waals surface area contributed by atoms with Crippen LogP contribution in [0.1, 0.15) is 6.92 Å². The first kappa shape index (κ1) is 18.3. The monoisotopic (exact) mass is 348 g/mol. The molecule has 0 aromatic heterocycles. The number of ether oxygens (including phenoxy) is 2. The Morgan fingerprint density at radius 3 is 2.67 bits per heavy atom. The largest absolute Gasteiger partial charge is 0.457 e. The van der Waals surface area contributed by atoms with Gasteiger partial charge in [0.05, 0.1) is 12.7 Å². The number of halogens is 1. The summed E-state index contributed by atoms with van der Waals surface area (Å²) in [5.74, 6) is 1.33. The van der Waals surface area contributed by atoms with Crippen LogP contribution >= 0.6 is 12.4 Å². The molecule has 1 aliphatic heterocycles. The SMILES string of the molecule is C[C@H]1OCCN[C@@H]1C(=O)Nc1cccc(Oc2ccccc2)c1.Cl. The average Bonchev–Trinajstić information content (AvgIpc) is 2.56. The molecule has 24 heavy (non-hydrogen) atoms. The van der Waals surface area contributed by atoms with Crippen LogP contribution in [0.4, 0.5) is 5.69 Å². The molecule has 6 heteroatoms. The van der Waals surface area contributed by atoms with Crippen molar-refractivity contribution in [2.45, 2.75) is 19.1 Å². The molecule has 1 fully saturated rings. The van der Waals surface area contributed by atoms with Gasteiger partial charge in [0.15, 0.2) is 0 Å². The zero-order valence-electron chi connectivity index (χ0n) is 13.4. The summed E-state index contributed by atoms with van der Waals surface area (Å²) in [6, 6.07) is 16.5. The topological polar surface area (TPSA) is 59.6 Å². The molecule has 1 aliphatic rings. The van der Waals surface area contributed by atoms with E-state index in [2.05, 4.69) is 10.6 Å². The lowest BCUT2D eigenvalue weighted by Gasteiger charge is -2.29. The summed E-state index contributed by atoms with van der Waals surface area (Å²) in [4.78, 5) is 12.4. The van der Waals surface area contributed by atoms with Crippen LogP contribution in [-0.4, -0.2) is 31.2 Å². The first-order chi connectivity index (χ1) is 11.2. The second-order valence-corrected chi connectivity index (χ2v) is 5.44. The van der Waals surface area contributed by atoms with E-state index < -0.39 is 0 Å². The quantitative estimate of drug-likeness (QED) is 0.890. The number of para-hydroxylation sites is 1. The fourth-order valence-corrected chi connectivity index (χ4v) is 2.51. The van der Waals surface area contributed by atoms with Crippen molar-refractivity contribution in [3.63, 3.8) is 0 Å². The van der Waals surface area contributed by atoms with E-state index in [1.165, 1.54) is 0 Å². The number of anilines is 1. The Balaban J connectivity index is 0.00000208. The number of hydrogen-bond donors (Lipinski definition) is 2. The number of carbonyl (C=O) groups is 1. The van der Waals surface area contributed by atoms with E-state index in [1.54, 1.807) is 6.07 Å². The standard InChI is InChI=1S/C18H20N2O3.ClH/c1-13-17(19-10-11-22-13)18(21)20-14-6-5-9-16(12-14)23-15-7-3-2-4-8-15;/h2-9,12-13,17,19H,10-11H2,1H3,(H,20,21);1H/t13-,17+;/m1./s1. The van der Waals surface area contributed by atoms with Crippen LogP contribution in [0.3, 0.4) is 0 Å². The van der Waals surface area contributed by atoms with Crippen LogP contribution in [0, 0.1) is 0 Å². The highest BCUT2D eigenvalue weighted by molar-refractivity contribution is 5.95. The normalized spacial score (nSPS) is 19.9. The Kier molecular flexibility index (Phi) is 6.61. The molecule has 0 aliphatic carbocycles. The smallest absolute Gasteiger partial charge is 0.244 e. The van der Waals surface area contributed by atoms with Crippen molar-refractivity contribution in [3.8, 4) is 11.5 Å². The molecular formula is C18H21ClN2O3. The molecule has 2 atom stereocenters. The van der Waals surface area contributed by atoms with Crippen molar-refractivity contribution in [2.75, 3.05) is 18.5 Å². The third-order valence-electron chi connectivity index (χ3n) is 3.68. The molecule has 0 spiro atoms. The maximum atomic E-state index is 12.4. The number of nitrogens with one attached hydrogen (secondary N) is 2. The number of amides is 1. The van der Waals surface area contributed by atoms with Gasteiger partial charge in [-0.1, -0.05) is 24.3 Å². The van der Waals surface area contributed by atoms with E-state index >= 15 is 0 Å². The summed E-state index contributed by atoms with van der Waals surface area (Å²) >= 11 is 0. The Hall–Kier alpha value is -2.08. The molecule has 1 heterocycles.